The van der Waals surface area contributed by atoms with E-state index in [0.717, 1.165) is 22.4 Å². The molecule has 0 amide bonds. The van der Waals surface area contributed by atoms with Gasteiger partial charge >= 0.3 is 0 Å². The van der Waals surface area contributed by atoms with Crippen LogP contribution >= 0.6 is 15.9 Å². The van der Waals surface area contributed by atoms with Crippen molar-refractivity contribution < 1.29 is 9.13 Å². The van der Waals surface area contributed by atoms with Gasteiger partial charge in [-0.15, -0.1) is 0 Å². The number of hydrogen-bond acceptors (Lipinski definition) is 1. The quantitative estimate of drug-likeness (QED) is 0.627. The lowest BCUT2D eigenvalue weighted by Gasteiger charge is -2.16. The molecule has 0 aliphatic carbocycles. The molecule has 0 atom stereocenters. The summed E-state index contributed by atoms with van der Waals surface area (Å²) >= 11 is 3.37. The third-order valence-electron chi connectivity index (χ3n) is 3.18. The van der Waals surface area contributed by atoms with Crippen LogP contribution in [-0.2, 0) is 5.33 Å². The minimum Gasteiger partial charge on any atom is -0.457 e. The topological polar surface area (TPSA) is 9.23 Å². The Bertz CT molecular complexity index is 608. The molecule has 3 heteroatoms. The Morgan fingerprint density at radius 3 is 2.50 bits per heavy atom. The van der Waals surface area contributed by atoms with E-state index >= 15 is 0 Å². The zero-order valence-electron chi connectivity index (χ0n) is 11.9. The number of halogens is 2. The summed E-state index contributed by atoms with van der Waals surface area (Å²) in [6.07, 6.45) is 0. The Morgan fingerprint density at radius 2 is 1.85 bits per heavy atom. The van der Waals surface area contributed by atoms with E-state index < -0.39 is 0 Å². The van der Waals surface area contributed by atoms with Crippen molar-refractivity contribution in [3.63, 3.8) is 0 Å². The summed E-state index contributed by atoms with van der Waals surface area (Å²) in [4.78, 5) is 0. The predicted molar refractivity (Wildman–Crippen MR) is 84.4 cm³/mol. The minimum atomic E-state index is -0.250. The first kappa shape index (κ1) is 15.0. The van der Waals surface area contributed by atoms with Gasteiger partial charge in [0.25, 0.3) is 0 Å². The van der Waals surface area contributed by atoms with Crippen LogP contribution in [0.4, 0.5) is 4.39 Å². The maximum absolute atomic E-state index is 13.3. The molecule has 1 nitrogen and oxygen atoms in total. The minimum absolute atomic E-state index is 0.250. The molecule has 0 saturated carbocycles. The normalized spacial score (nSPS) is 10.9. The molecule has 2 aromatic rings. The molecule has 0 aliphatic rings. The zero-order valence-corrected chi connectivity index (χ0v) is 13.5. The highest BCUT2D eigenvalue weighted by atomic mass is 79.9. The Hall–Kier alpha value is -1.35. The fourth-order valence-corrected chi connectivity index (χ4v) is 2.52. The Kier molecular flexibility index (Phi) is 4.81. The predicted octanol–water partition coefficient (Wildman–Crippen LogP) is 5.94. The third-order valence-corrected chi connectivity index (χ3v) is 3.78. The first-order valence-electron chi connectivity index (χ1n) is 6.64. The van der Waals surface area contributed by atoms with Gasteiger partial charge in [0, 0.05) is 10.9 Å². The Labute approximate surface area is 127 Å². The third kappa shape index (κ3) is 3.40. The van der Waals surface area contributed by atoms with Gasteiger partial charge in [0.05, 0.1) is 0 Å². The van der Waals surface area contributed by atoms with Crippen LogP contribution in [0.1, 0.15) is 36.5 Å². The van der Waals surface area contributed by atoms with Crippen molar-refractivity contribution in [3.05, 3.63) is 58.9 Å². The van der Waals surface area contributed by atoms with Crippen LogP contribution in [0.15, 0.2) is 36.4 Å². The maximum Gasteiger partial charge on any atom is 0.131 e. The summed E-state index contributed by atoms with van der Waals surface area (Å²) < 4.78 is 19.3. The fourth-order valence-electron chi connectivity index (χ4n) is 2.08. The average Bonchev–Trinajstić information content (AvgIpc) is 2.40. The molecule has 0 aliphatic heterocycles. The van der Waals surface area contributed by atoms with Crippen LogP contribution in [-0.4, -0.2) is 0 Å². The summed E-state index contributed by atoms with van der Waals surface area (Å²) in [5.41, 5.74) is 3.11. The van der Waals surface area contributed by atoms with Crippen LogP contribution in [0.5, 0.6) is 11.5 Å². The van der Waals surface area contributed by atoms with Crippen molar-refractivity contribution in [2.24, 2.45) is 0 Å². The second-order valence-electron chi connectivity index (χ2n) is 5.18. The zero-order chi connectivity index (χ0) is 14.7. The number of rotatable bonds is 4. The Morgan fingerprint density at radius 1 is 1.10 bits per heavy atom. The van der Waals surface area contributed by atoms with E-state index in [9.17, 15) is 4.39 Å². The van der Waals surface area contributed by atoms with E-state index in [4.69, 9.17) is 4.74 Å². The number of hydrogen-bond donors (Lipinski definition) is 0. The van der Waals surface area contributed by atoms with Gasteiger partial charge in [-0.1, -0.05) is 41.9 Å². The second-order valence-corrected chi connectivity index (χ2v) is 5.74. The van der Waals surface area contributed by atoms with Gasteiger partial charge in [0.1, 0.15) is 17.3 Å². The number of ether oxygens (including phenoxy) is 1. The molecule has 2 aromatic carbocycles. The number of benzene rings is 2. The number of aryl methyl sites for hydroxylation is 1. The van der Waals surface area contributed by atoms with Crippen LogP contribution in [0, 0.1) is 12.7 Å². The van der Waals surface area contributed by atoms with Gasteiger partial charge in [0.15, 0.2) is 0 Å². The highest BCUT2D eigenvalue weighted by molar-refractivity contribution is 9.08. The molecule has 0 N–H and O–H groups in total. The first-order chi connectivity index (χ1) is 9.51. The monoisotopic (exact) mass is 336 g/mol. The SMILES string of the molecule is Cc1ccc(C(C)C)c(Oc2ccc(F)cc2CBr)c1. The standard InChI is InChI=1S/C17H18BrFO/c1-11(2)15-6-4-12(3)8-17(15)20-16-7-5-14(19)9-13(16)10-18/h4-9,11H,10H2,1-3H3. The maximum atomic E-state index is 13.3. The lowest BCUT2D eigenvalue weighted by molar-refractivity contribution is 0.466. The molecule has 0 bridgehead atoms. The molecule has 0 unspecified atom stereocenters. The van der Waals surface area contributed by atoms with E-state index in [1.807, 2.05) is 13.0 Å². The molecule has 106 valence electrons. The summed E-state index contributed by atoms with van der Waals surface area (Å²) in [5, 5.41) is 0.558. The van der Waals surface area contributed by atoms with E-state index in [0.29, 0.717) is 17.0 Å². The molecular formula is C17H18BrFO. The van der Waals surface area contributed by atoms with Crippen LogP contribution in [0.3, 0.4) is 0 Å². The van der Waals surface area contributed by atoms with Gasteiger partial charge in [0.2, 0.25) is 0 Å². The van der Waals surface area contributed by atoms with Gasteiger partial charge in [-0.3, -0.25) is 0 Å². The van der Waals surface area contributed by atoms with Crippen molar-refractivity contribution in [3.8, 4) is 11.5 Å². The molecular weight excluding hydrogens is 319 g/mol. The average molecular weight is 337 g/mol. The fraction of sp³-hybridized carbons (Fsp3) is 0.294. The highest BCUT2D eigenvalue weighted by Crippen LogP contribution is 2.33. The van der Waals surface area contributed by atoms with Gasteiger partial charge in [-0.25, -0.2) is 4.39 Å². The molecule has 0 heterocycles. The van der Waals surface area contributed by atoms with E-state index in [1.165, 1.54) is 12.1 Å². The van der Waals surface area contributed by atoms with Crippen molar-refractivity contribution >= 4 is 15.9 Å². The summed E-state index contributed by atoms with van der Waals surface area (Å²) in [6.45, 7) is 6.30. The molecule has 2 rings (SSSR count). The van der Waals surface area contributed by atoms with Gasteiger partial charge < -0.3 is 4.74 Å². The lowest BCUT2D eigenvalue weighted by Crippen LogP contribution is -1.97. The molecule has 0 fully saturated rings. The van der Waals surface area contributed by atoms with E-state index in [2.05, 4.69) is 41.9 Å². The largest absolute Gasteiger partial charge is 0.457 e. The van der Waals surface area contributed by atoms with Crippen LogP contribution in [0.25, 0.3) is 0 Å². The summed E-state index contributed by atoms with van der Waals surface area (Å²) in [5.74, 6) is 1.66. The van der Waals surface area contributed by atoms with Crippen molar-refractivity contribution in [2.75, 3.05) is 0 Å². The molecule has 20 heavy (non-hydrogen) atoms. The van der Waals surface area contributed by atoms with Crippen molar-refractivity contribution in [1.29, 1.82) is 0 Å². The summed E-state index contributed by atoms with van der Waals surface area (Å²) in [6, 6.07) is 10.8. The van der Waals surface area contributed by atoms with Crippen LogP contribution in [0.2, 0.25) is 0 Å². The Balaban J connectivity index is 2.41. The van der Waals surface area contributed by atoms with Crippen molar-refractivity contribution in [2.45, 2.75) is 32.0 Å². The molecule has 0 aromatic heterocycles. The van der Waals surface area contributed by atoms with Crippen molar-refractivity contribution in [1.82, 2.24) is 0 Å². The second kappa shape index (κ2) is 6.40. The van der Waals surface area contributed by atoms with Gasteiger partial charge in [-0.05, 0) is 48.2 Å². The first-order valence-corrected chi connectivity index (χ1v) is 7.76. The van der Waals surface area contributed by atoms with E-state index in [-0.39, 0.29) is 5.82 Å². The lowest BCUT2D eigenvalue weighted by atomic mass is 10.0. The molecule has 0 saturated heterocycles. The smallest absolute Gasteiger partial charge is 0.131 e. The number of alkyl halides is 1. The van der Waals surface area contributed by atoms with Crippen LogP contribution < -0.4 is 4.74 Å². The van der Waals surface area contributed by atoms with Gasteiger partial charge in [-0.2, -0.15) is 0 Å². The molecule has 0 spiro atoms. The summed E-state index contributed by atoms with van der Waals surface area (Å²) in [7, 11) is 0. The molecule has 0 radical (unpaired) electrons. The highest BCUT2D eigenvalue weighted by Gasteiger charge is 2.11. The van der Waals surface area contributed by atoms with E-state index in [1.54, 1.807) is 6.07 Å².